The molecule has 1 unspecified atom stereocenters. The zero-order valence-electron chi connectivity index (χ0n) is 10.3. The maximum atomic E-state index is 12.4. The van der Waals surface area contributed by atoms with Crippen molar-refractivity contribution in [2.75, 3.05) is 0 Å². The van der Waals surface area contributed by atoms with Crippen molar-refractivity contribution < 1.29 is 17.9 Å². The number of ether oxygens (including phenoxy) is 1. The van der Waals surface area contributed by atoms with Gasteiger partial charge in [0.1, 0.15) is 5.75 Å². The molecule has 0 saturated heterocycles. The van der Waals surface area contributed by atoms with Crippen LogP contribution in [0.15, 0.2) is 42.6 Å². The molecule has 1 heterocycles. The maximum Gasteiger partial charge on any atom is 0.573 e. The lowest BCUT2D eigenvalue weighted by molar-refractivity contribution is -0.274. The van der Waals surface area contributed by atoms with Gasteiger partial charge in [0.05, 0.1) is 0 Å². The Kier molecular flexibility index (Phi) is 4.01. The molecule has 7 heteroatoms. The van der Waals surface area contributed by atoms with E-state index < -0.39 is 18.6 Å². The van der Waals surface area contributed by atoms with Gasteiger partial charge in [0.2, 0.25) is 0 Å². The van der Waals surface area contributed by atoms with Gasteiger partial charge in [-0.1, -0.05) is 36.4 Å². The van der Waals surface area contributed by atoms with Crippen LogP contribution in [0, 0.1) is 0 Å². The number of hydrogen-bond donors (Lipinski definition) is 2. The van der Waals surface area contributed by atoms with Gasteiger partial charge in [-0.15, -0.1) is 13.2 Å². The number of hydrogen-bond acceptors (Lipinski definition) is 3. The van der Waals surface area contributed by atoms with Crippen LogP contribution in [0.4, 0.5) is 13.2 Å². The Morgan fingerprint density at radius 2 is 1.90 bits per heavy atom. The molecular formula is C13H13F3N3O-. The lowest BCUT2D eigenvalue weighted by Crippen LogP contribution is -2.41. The van der Waals surface area contributed by atoms with Gasteiger partial charge in [-0.3, -0.25) is 0 Å². The molecule has 1 aliphatic rings. The molecule has 20 heavy (non-hydrogen) atoms. The highest BCUT2D eigenvalue weighted by Crippen LogP contribution is 2.33. The molecule has 1 aliphatic heterocycles. The minimum atomic E-state index is -4.75. The smallest absolute Gasteiger partial charge is 0.573 e. The predicted molar refractivity (Wildman–Crippen MR) is 69.6 cm³/mol. The Morgan fingerprint density at radius 3 is 2.55 bits per heavy atom. The first-order valence-corrected chi connectivity index (χ1v) is 5.81. The van der Waals surface area contributed by atoms with Gasteiger partial charge in [0, 0.05) is 11.7 Å². The van der Waals surface area contributed by atoms with Gasteiger partial charge in [0.15, 0.2) is 0 Å². The predicted octanol–water partition coefficient (Wildman–Crippen LogP) is 2.48. The second-order valence-corrected chi connectivity index (χ2v) is 4.20. The molecule has 0 aromatic heterocycles. The number of alkyl halides is 3. The molecule has 0 fully saturated rings. The van der Waals surface area contributed by atoms with E-state index in [1.165, 1.54) is 24.4 Å². The molecule has 4 N–H and O–H groups in total. The number of nitrogens with zero attached hydrogens (tertiary/aromatic N) is 1. The van der Waals surface area contributed by atoms with Crippen molar-refractivity contribution in [3.05, 3.63) is 53.5 Å². The molecule has 4 nitrogen and oxygen atoms in total. The van der Waals surface area contributed by atoms with Crippen LogP contribution >= 0.6 is 0 Å². The van der Waals surface area contributed by atoms with E-state index in [2.05, 4.69) is 10.1 Å². The summed E-state index contributed by atoms with van der Waals surface area (Å²) in [4.78, 5) is 0. The lowest BCUT2D eigenvalue weighted by atomic mass is 9.99. The summed E-state index contributed by atoms with van der Waals surface area (Å²) in [6.07, 6.45) is -0.799. The van der Waals surface area contributed by atoms with Gasteiger partial charge >= 0.3 is 6.36 Å². The van der Waals surface area contributed by atoms with Crippen LogP contribution in [0.3, 0.4) is 0 Å². The van der Waals surface area contributed by atoms with Gasteiger partial charge < -0.3 is 21.5 Å². The standard InChI is InChI=1S/C13H13F3N3O/c14-13(15,16)20-11-4-2-1-3-9(11)8-5-6-19-10(7-8)12(17)18/h1-7,10,12H,17-18H2/q-1. The summed E-state index contributed by atoms with van der Waals surface area (Å²) in [7, 11) is 0. The molecule has 0 amide bonds. The highest BCUT2D eigenvalue weighted by atomic mass is 19.4. The lowest BCUT2D eigenvalue weighted by Gasteiger charge is -2.34. The summed E-state index contributed by atoms with van der Waals surface area (Å²) in [6.45, 7) is 0. The second-order valence-electron chi connectivity index (χ2n) is 4.20. The monoisotopic (exact) mass is 284 g/mol. The first kappa shape index (κ1) is 14.4. The van der Waals surface area contributed by atoms with Crippen LogP contribution in [-0.4, -0.2) is 18.6 Å². The third-order valence-corrected chi connectivity index (χ3v) is 2.68. The van der Waals surface area contributed by atoms with E-state index in [1.54, 1.807) is 18.2 Å². The van der Waals surface area contributed by atoms with Crippen LogP contribution in [-0.2, 0) is 0 Å². The summed E-state index contributed by atoms with van der Waals surface area (Å²) < 4.78 is 41.1. The second kappa shape index (κ2) is 5.56. The van der Waals surface area contributed by atoms with E-state index in [0.717, 1.165) is 0 Å². The Morgan fingerprint density at radius 1 is 1.20 bits per heavy atom. The van der Waals surface area contributed by atoms with Crippen molar-refractivity contribution >= 4 is 5.57 Å². The molecule has 1 aromatic rings. The van der Waals surface area contributed by atoms with E-state index in [4.69, 9.17) is 11.5 Å². The number of nitrogens with two attached hydrogens (primary N) is 2. The van der Waals surface area contributed by atoms with Crippen molar-refractivity contribution in [1.29, 1.82) is 0 Å². The van der Waals surface area contributed by atoms with E-state index >= 15 is 0 Å². The Bertz CT molecular complexity index is 538. The quantitative estimate of drug-likeness (QED) is 0.837. The third kappa shape index (κ3) is 3.52. The number of rotatable bonds is 3. The fourth-order valence-corrected chi connectivity index (χ4v) is 1.81. The Balaban J connectivity index is 2.35. The Labute approximate surface area is 113 Å². The van der Waals surface area contributed by atoms with Crippen LogP contribution in [0.2, 0.25) is 0 Å². The normalized spacial score (nSPS) is 18.7. The largest absolute Gasteiger partial charge is 0.682 e. The van der Waals surface area contributed by atoms with Crippen molar-refractivity contribution in [2.24, 2.45) is 11.5 Å². The average Bonchev–Trinajstić information content (AvgIpc) is 2.37. The summed E-state index contributed by atoms with van der Waals surface area (Å²) in [5, 5.41) is 4.04. The molecule has 0 spiro atoms. The molecule has 0 bridgehead atoms. The van der Waals surface area contributed by atoms with Gasteiger partial charge in [-0.2, -0.15) is 6.20 Å². The number of benzene rings is 1. The highest BCUT2D eigenvalue weighted by molar-refractivity contribution is 5.80. The first-order chi connectivity index (χ1) is 9.37. The van der Waals surface area contributed by atoms with Crippen LogP contribution in [0.25, 0.3) is 10.9 Å². The third-order valence-electron chi connectivity index (χ3n) is 2.68. The summed E-state index contributed by atoms with van der Waals surface area (Å²) in [5.74, 6) is -0.276. The molecule has 0 saturated carbocycles. The van der Waals surface area contributed by atoms with Crippen LogP contribution < -0.4 is 16.2 Å². The summed E-state index contributed by atoms with van der Waals surface area (Å²) >= 11 is 0. The Hall–Kier alpha value is -1.99. The molecule has 108 valence electrons. The number of allylic oxidation sites excluding steroid dienone is 2. The highest BCUT2D eigenvalue weighted by Gasteiger charge is 2.32. The topological polar surface area (TPSA) is 75.4 Å². The van der Waals surface area contributed by atoms with Crippen molar-refractivity contribution in [3.63, 3.8) is 0 Å². The minimum absolute atomic E-state index is 0.276. The van der Waals surface area contributed by atoms with Crippen molar-refractivity contribution in [3.8, 4) is 5.75 Å². The zero-order valence-corrected chi connectivity index (χ0v) is 10.3. The van der Waals surface area contributed by atoms with Crippen molar-refractivity contribution in [2.45, 2.75) is 18.6 Å². The average molecular weight is 284 g/mol. The first-order valence-electron chi connectivity index (χ1n) is 5.81. The summed E-state index contributed by atoms with van der Waals surface area (Å²) in [6, 6.07) is 5.39. The number of halogens is 3. The van der Waals surface area contributed by atoms with E-state index in [-0.39, 0.29) is 5.75 Å². The molecule has 1 aromatic carbocycles. The van der Waals surface area contributed by atoms with E-state index in [0.29, 0.717) is 11.1 Å². The van der Waals surface area contributed by atoms with E-state index in [9.17, 15) is 13.2 Å². The van der Waals surface area contributed by atoms with Crippen molar-refractivity contribution in [1.82, 2.24) is 0 Å². The summed E-state index contributed by atoms with van der Waals surface area (Å²) in [5.41, 5.74) is 11.9. The van der Waals surface area contributed by atoms with E-state index in [1.807, 2.05) is 0 Å². The maximum absolute atomic E-state index is 12.4. The molecule has 1 atom stereocenters. The van der Waals surface area contributed by atoms with Crippen LogP contribution in [0.1, 0.15) is 5.56 Å². The number of para-hydroxylation sites is 1. The SMILES string of the molecule is NC(N)C1C=C(c2ccccc2OC(F)(F)F)C=C[N-]1. The molecule has 0 aliphatic carbocycles. The van der Waals surface area contributed by atoms with Crippen LogP contribution in [0.5, 0.6) is 5.75 Å². The minimum Gasteiger partial charge on any atom is -0.682 e. The van der Waals surface area contributed by atoms with Gasteiger partial charge in [-0.25, -0.2) is 0 Å². The molecular weight excluding hydrogens is 271 g/mol. The van der Waals surface area contributed by atoms with Gasteiger partial charge in [0.25, 0.3) is 0 Å². The molecule has 2 rings (SSSR count). The van der Waals surface area contributed by atoms with Gasteiger partial charge in [-0.05, 0) is 11.6 Å². The molecule has 0 radical (unpaired) electrons. The zero-order chi connectivity index (χ0) is 14.8. The fraction of sp³-hybridized carbons (Fsp3) is 0.231. The fourth-order valence-electron chi connectivity index (χ4n) is 1.81.